The maximum Gasteiger partial charge on any atom is 0.416 e. The van der Waals surface area contributed by atoms with Gasteiger partial charge in [0, 0.05) is 25.9 Å². The first-order valence-electron chi connectivity index (χ1n) is 7.75. The van der Waals surface area contributed by atoms with Gasteiger partial charge in [0.05, 0.1) is 17.3 Å². The van der Waals surface area contributed by atoms with Crippen LogP contribution < -0.4 is 5.32 Å². The van der Waals surface area contributed by atoms with Crippen LogP contribution in [0, 0.1) is 0 Å². The predicted molar refractivity (Wildman–Crippen MR) is 83.9 cm³/mol. The molecule has 0 bridgehead atoms. The molecule has 1 atom stereocenters. The maximum absolute atomic E-state index is 12.8. The molecule has 6 nitrogen and oxygen atoms in total. The molecule has 1 fully saturated rings. The fourth-order valence-electron chi connectivity index (χ4n) is 2.86. The van der Waals surface area contributed by atoms with E-state index in [4.69, 9.17) is 0 Å². The van der Waals surface area contributed by atoms with Gasteiger partial charge in [0.15, 0.2) is 0 Å². The van der Waals surface area contributed by atoms with E-state index in [-0.39, 0.29) is 23.7 Å². The van der Waals surface area contributed by atoms with Crippen LogP contribution in [-0.2, 0) is 11.0 Å². The molecule has 1 aliphatic rings. The Morgan fingerprint density at radius 1 is 1.28 bits per heavy atom. The van der Waals surface area contributed by atoms with E-state index in [1.54, 1.807) is 11.0 Å². The van der Waals surface area contributed by atoms with Crippen LogP contribution in [-0.4, -0.2) is 32.3 Å². The van der Waals surface area contributed by atoms with Crippen molar-refractivity contribution in [2.75, 3.05) is 11.9 Å². The molecule has 0 saturated carbocycles. The smallest absolute Gasteiger partial charge is 0.334 e. The summed E-state index contributed by atoms with van der Waals surface area (Å²) < 4.78 is 38.3. The van der Waals surface area contributed by atoms with Crippen molar-refractivity contribution in [3.05, 3.63) is 41.9 Å². The van der Waals surface area contributed by atoms with E-state index >= 15 is 0 Å². The topological polar surface area (TPSA) is 71.0 Å². The average molecular weight is 351 g/mol. The Hall–Kier alpha value is -2.71. The van der Waals surface area contributed by atoms with Crippen LogP contribution in [0.5, 0.6) is 0 Å². The number of hydrogen-bond acceptors (Lipinski definition) is 5. The maximum atomic E-state index is 12.8. The SMILES string of the molecule is CC(=O)N1CCC[C@H]1c1ccnc(Nc2cc(C(F)(F)F)ccn2)n1. The number of carbonyl (C=O) groups excluding carboxylic acids is 1. The molecule has 25 heavy (non-hydrogen) atoms. The molecular weight excluding hydrogens is 335 g/mol. The first-order chi connectivity index (χ1) is 11.8. The highest BCUT2D eigenvalue weighted by molar-refractivity contribution is 5.74. The van der Waals surface area contributed by atoms with Crippen LogP contribution in [0.15, 0.2) is 30.6 Å². The van der Waals surface area contributed by atoms with Gasteiger partial charge in [-0.1, -0.05) is 0 Å². The molecule has 0 aromatic carbocycles. The number of carbonyl (C=O) groups is 1. The number of anilines is 2. The van der Waals surface area contributed by atoms with E-state index in [2.05, 4.69) is 20.3 Å². The molecule has 9 heteroatoms. The summed E-state index contributed by atoms with van der Waals surface area (Å²) in [5.74, 6) is 0.108. The fraction of sp³-hybridized carbons (Fsp3) is 0.375. The number of rotatable bonds is 3. The molecular formula is C16H16F3N5O. The minimum absolute atomic E-state index is 0.00169. The molecule has 1 N–H and O–H groups in total. The number of halogens is 3. The highest BCUT2D eigenvalue weighted by Gasteiger charge is 2.31. The summed E-state index contributed by atoms with van der Waals surface area (Å²) in [6, 6.07) is 3.35. The van der Waals surface area contributed by atoms with E-state index in [1.165, 1.54) is 13.1 Å². The van der Waals surface area contributed by atoms with Crippen LogP contribution in [0.2, 0.25) is 0 Å². The monoisotopic (exact) mass is 351 g/mol. The highest BCUT2D eigenvalue weighted by atomic mass is 19.4. The van der Waals surface area contributed by atoms with Crippen molar-refractivity contribution in [1.82, 2.24) is 19.9 Å². The fourth-order valence-corrected chi connectivity index (χ4v) is 2.86. The average Bonchev–Trinajstić information content (AvgIpc) is 3.04. The summed E-state index contributed by atoms with van der Waals surface area (Å²) in [6.07, 6.45) is -0.198. The number of aromatic nitrogens is 3. The normalized spacial score (nSPS) is 17.6. The molecule has 0 radical (unpaired) electrons. The second kappa shape index (κ2) is 6.66. The molecule has 1 amide bonds. The molecule has 1 aliphatic heterocycles. The third-order valence-corrected chi connectivity index (χ3v) is 4.00. The highest BCUT2D eigenvalue weighted by Crippen LogP contribution is 2.32. The Balaban J connectivity index is 1.82. The zero-order valence-electron chi connectivity index (χ0n) is 13.4. The van der Waals surface area contributed by atoms with Crippen molar-refractivity contribution in [2.45, 2.75) is 32.0 Å². The Labute approximate surface area is 142 Å². The third-order valence-electron chi connectivity index (χ3n) is 4.00. The van der Waals surface area contributed by atoms with Crippen molar-refractivity contribution >= 4 is 17.7 Å². The molecule has 2 aromatic rings. The predicted octanol–water partition coefficient (Wildman–Crippen LogP) is 3.32. The largest absolute Gasteiger partial charge is 0.416 e. The zero-order chi connectivity index (χ0) is 18.0. The summed E-state index contributed by atoms with van der Waals surface area (Å²) in [6.45, 7) is 2.17. The van der Waals surface area contributed by atoms with Crippen LogP contribution in [0.4, 0.5) is 24.9 Å². The Bertz CT molecular complexity index is 780. The molecule has 132 valence electrons. The van der Waals surface area contributed by atoms with Gasteiger partial charge >= 0.3 is 6.18 Å². The van der Waals surface area contributed by atoms with Gasteiger partial charge in [-0.05, 0) is 31.0 Å². The van der Waals surface area contributed by atoms with Crippen molar-refractivity contribution in [2.24, 2.45) is 0 Å². The first-order valence-corrected chi connectivity index (χ1v) is 7.75. The number of amides is 1. The van der Waals surface area contributed by atoms with Crippen LogP contribution >= 0.6 is 0 Å². The second-order valence-corrected chi connectivity index (χ2v) is 5.73. The van der Waals surface area contributed by atoms with Crippen molar-refractivity contribution in [1.29, 1.82) is 0 Å². The van der Waals surface area contributed by atoms with Gasteiger partial charge in [0.25, 0.3) is 0 Å². The lowest BCUT2D eigenvalue weighted by atomic mass is 10.1. The minimum atomic E-state index is -4.45. The molecule has 3 heterocycles. The quantitative estimate of drug-likeness (QED) is 0.919. The van der Waals surface area contributed by atoms with E-state index in [0.717, 1.165) is 31.2 Å². The van der Waals surface area contributed by atoms with Crippen molar-refractivity contribution < 1.29 is 18.0 Å². The first kappa shape index (κ1) is 17.1. The second-order valence-electron chi connectivity index (χ2n) is 5.73. The number of alkyl halides is 3. The lowest BCUT2D eigenvalue weighted by Gasteiger charge is -2.22. The lowest BCUT2D eigenvalue weighted by molar-refractivity contribution is -0.137. The number of likely N-dealkylation sites (tertiary alicyclic amines) is 1. The molecule has 1 saturated heterocycles. The molecule has 0 aliphatic carbocycles. The van der Waals surface area contributed by atoms with Gasteiger partial charge in [0.2, 0.25) is 11.9 Å². The number of hydrogen-bond donors (Lipinski definition) is 1. The minimum Gasteiger partial charge on any atom is -0.334 e. The Morgan fingerprint density at radius 2 is 2.04 bits per heavy atom. The number of nitrogens with zero attached hydrogens (tertiary/aromatic N) is 4. The Morgan fingerprint density at radius 3 is 2.76 bits per heavy atom. The summed E-state index contributed by atoms with van der Waals surface area (Å²) in [7, 11) is 0. The summed E-state index contributed by atoms with van der Waals surface area (Å²) in [5, 5.41) is 2.69. The van der Waals surface area contributed by atoms with Gasteiger partial charge < -0.3 is 10.2 Å². The van der Waals surface area contributed by atoms with E-state index in [0.29, 0.717) is 12.2 Å². The van der Waals surface area contributed by atoms with Crippen LogP contribution in [0.1, 0.15) is 37.1 Å². The van der Waals surface area contributed by atoms with Crippen molar-refractivity contribution in [3.63, 3.8) is 0 Å². The van der Waals surface area contributed by atoms with Gasteiger partial charge in [-0.25, -0.2) is 15.0 Å². The van der Waals surface area contributed by atoms with Gasteiger partial charge in [-0.15, -0.1) is 0 Å². The standard InChI is InChI=1S/C16H16F3N5O/c1-10(25)24-8-2-3-13(24)12-5-7-21-15(22-12)23-14-9-11(4-6-20-14)16(17,18)19/h4-7,9,13H,2-3,8H2,1H3,(H,20,21,22,23)/t13-/m0/s1. The molecule has 2 aromatic heterocycles. The summed E-state index contributed by atoms with van der Waals surface area (Å²) >= 11 is 0. The number of pyridine rings is 1. The molecule has 0 spiro atoms. The molecule has 0 unspecified atom stereocenters. The van der Waals surface area contributed by atoms with Gasteiger partial charge in [-0.3, -0.25) is 4.79 Å². The van der Waals surface area contributed by atoms with E-state index < -0.39 is 11.7 Å². The summed E-state index contributed by atoms with van der Waals surface area (Å²) in [5.41, 5.74) is -0.156. The van der Waals surface area contributed by atoms with Gasteiger partial charge in [0.1, 0.15) is 5.82 Å². The number of nitrogens with one attached hydrogen (secondary N) is 1. The third kappa shape index (κ3) is 3.86. The van der Waals surface area contributed by atoms with Crippen LogP contribution in [0.3, 0.4) is 0 Å². The van der Waals surface area contributed by atoms with E-state index in [9.17, 15) is 18.0 Å². The van der Waals surface area contributed by atoms with Crippen LogP contribution in [0.25, 0.3) is 0 Å². The zero-order valence-corrected chi connectivity index (χ0v) is 13.4. The Kier molecular flexibility index (Phi) is 4.56. The molecule has 3 rings (SSSR count). The van der Waals surface area contributed by atoms with Gasteiger partial charge in [-0.2, -0.15) is 13.2 Å². The lowest BCUT2D eigenvalue weighted by Crippen LogP contribution is -2.28. The van der Waals surface area contributed by atoms with E-state index in [1.807, 2.05) is 0 Å². The van der Waals surface area contributed by atoms with Crippen molar-refractivity contribution in [3.8, 4) is 0 Å². The summed E-state index contributed by atoms with van der Waals surface area (Å²) in [4.78, 5) is 25.6.